The van der Waals surface area contributed by atoms with E-state index in [2.05, 4.69) is 26.0 Å². The fraction of sp³-hybridized carbons (Fsp3) is 0.769. The van der Waals surface area contributed by atoms with Crippen LogP contribution >= 0.6 is 0 Å². The predicted octanol–water partition coefficient (Wildman–Crippen LogP) is 9.20. The molecule has 1 aromatic rings. The Labute approximate surface area is 170 Å². The summed E-state index contributed by atoms with van der Waals surface area (Å²) in [6.07, 6.45) is 23.6. The Kier molecular flexibility index (Phi) is 15.3. The van der Waals surface area contributed by atoms with E-state index in [-0.39, 0.29) is 5.75 Å². The fourth-order valence-corrected chi connectivity index (χ4v) is 3.87. The minimum Gasteiger partial charge on any atom is -0.290 e. The summed E-state index contributed by atoms with van der Waals surface area (Å²) in [6.45, 7) is 4.51. The van der Waals surface area contributed by atoms with E-state index in [1.165, 1.54) is 102 Å². The van der Waals surface area contributed by atoms with Crippen molar-refractivity contribution in [2.24, 2.45) is 0 Å². The zero-order valence-electron chi connectivity index (χ0n) is 18.4. The first-order chi connectivity index (χ1) is 13.3. The van der Waals surface area contributed by atoms with Crippen molar-refractivity contribution < 1.29 is 5.11 Å². The normalized spacial score (nSPS) is 11.2. The van der Waals surface area contributed by atoms with E-state index in [9.17, 15) is 5.11 Å². The van der Waals surface area contributed by atoms with Crippen LogP contribution in [0.1, 0.15) is 128 Å². The average Bonchev–Trinajstić information content (AvgIpc) is 2.67. The van der Waals surface area contributed by atoms with Gasteiger partial charge in [0.2, 0.25) is 0 Å². The van der Waals surface area contributed by atoms with Gasteiger partial charge >= 0.3 is 0 Å². The molecule has 1 radical (unpaired) electrons. The third kappa shape index (κ3) is 12.9. The molecule has 0 amide bonds. The highest BCUT2D eigenvalue weighted by atomic mass is 16.3. The molecule has 1 heteroatoms. The summed E-state index contributed by atoms with van der Waals surface area (Å²) in [5.41, 5.74) is 2.26. The van der Waals surface area contributed by atoms with E-state index in [0.29, 0.717) is 0 Å². The second-order valence-corrected chi connectivity index (χ2v) is 8.39. The molecule has 0 unspecified atom stereocenters. The van der Waals surface area contributed by atoms with Crippen LogP contribution in [0.2, 0.25) is 0 Å². The van der Waals surface area contributed by atoms with Crippen LogP contribution in [0.4, 0.5) is 0 Å². The van der Waals surface area contributed by atoms with Crippen LogP contribution in [-0.2, 0) is 17.9 Å². The minimum absolute atomic E-state index is 0.267. The van der Waals surface area contributed by atoms with E-state index >= 15 is 0 Å². The van der Waals surface area contributed by atoms with Gasteiger partial charge in [-0.25, -0.2) is 0 Å². The number of hydrogen-bond donors (Lipinski definition) is 0. The number of unbranched alkanes of at least 4 members (excludes halogenated alkanes) is 14. The van der Waals surface area contributed by atoms with Crippen LogP contribution < -0.4 is 0 Å². The number of hydrogen-bond acceptors (Lipinski definition) is 0. The minimum atomic E-state index is 0.267. The van der Waals surface area contributed by atoms with Crippen molar-refractivity contribution >= 4 is 0 Å². The molecular formula is C26H45O. The second kappa shape index (κ2) is 17.1. The Morgan fingerprint density at radius 3 is 1.52 bits per heavy atom. The van der Waals surface area contributed by atoms with E-state index in [1.54, 1.807) is 0 Å². The summed E-state index contributed by atoms with van der Waals surface area (Å²) in [5, 5.41) is 12.2. The molecule has 0 aliphatic heterocycles. The van der Waals surface area contributed by atoms with Crippen molar-refractivity contribution in [3.8, 4) is 5.75 Å². The van der Waals surface area contributed by atoms with Crippen LogP contribution in [0.5, 0.6) is 5.75 Å². The zero-order chi connectivity index (χ0) is 19.6. The summed E-state index contributed by atoms with van der Waals surface area (Å²) in [7, 11) is 0. The highest BCUT2D eigenvalue weighted by Gasteiger charge is 2.05. The first-order valence-electron chi connectivity index (χ1n) is 12.1. The molecule has 155 valence electrons. The number of rotatable bonds is 18. The van der Waals surface area contributed by atoms with Crippen molar-refractivity contribution in [2.75, 3.05) is 0 Å². The maximum atomic E-state index is 12.2. The average molecular weight is 374 g/mol. The van der Waals surface area contributed by atoms with E-state index in [4.69, 9.17) is 0 Å². The summed E-state index contributed by atoms with van der Waals surface area (Å²) in [4.78, 5) is 0. The van der Waals surface area contributed by atoms with Gasteiger partial charge in [0.05, 0.1) is 0 Å². The maximum Gasteiger partial charge on any atom is 0.182 e. The Hall–Kier alpha value is -0.980. The smallest absolute Gasteiger partial charge is 0.182 e. The summed E-state index contributed by atoms with van der Waals surface area (Å²) in [6, 6.07) is 6.17. The highest BCUT2D eigenvalue weighted by Crippen LogP contribution is 2.23. The Morgan fingerprint density at radius 1 is 0.556 bits per heavy atom. The molecule has 0 aliphatic carbocycles. The largest absolute Gasteiger partial charge is 0.290 e. The second-order valence-electron chi connectivity index (χ2n) is 8.39. The molecule has 1 aromatic carbocycles. The Bertz CT molecular complexity index is 452. The van der Waals surface area contributed by atoms with Crippen molar-refractivity contribution in [3.05, 3.63) is 29.3 Å². The van der Waals surface area contributed by atoms with E-state index in [1.807, 2.05) is 6.07 Å². The molecular weight excluding hydrogens is 328 g/mol. The topological polar surface area (TPSA) is 19.9 Å². The molecule has 0 bridgehead atoms. The molecule has 0 fully saturated rings. The molecule has 0 aliphatic rings. The lowest BCUT2D eigenvalue weighted by Crippen LogP contribution is -1.91. The number of benzene rings is 1. The standard InChI is InChI=1S/C26H45O/c1-3-5-7-9-10-11-12-13-14-15-16-17-19-24-21-22-25(26(27)23-24)20-18-8-6-4-2/h21-23H,3-20H2,1-2H3. The molecule has 1 rings (SSSR count). The third-order valence-corrected chi connectivity index (χ3v) is 5.75. The first-order valence-corrected chi connectivity index (χ1v) is 12.1. The van der Waals surface area contributed by atoms with E-state index < -0.39 is 0 Å². The van der Waals surface area contributed by atoms with Crippen molar-refractivity contribution in [2.45, 2.75) is 129 Å². The van der Waals surface area contributed by atoms with Gasteiger partial charge in [-0.05, 0) is 42.9 Å². The summed E-state index contributed by atoms with van der Waals surface area (Å²) < 4.78 is 0. The Balaban J connectivity index is 2.01. The molecule has 27 heavy (non-hydrogen) atoms. The molecule has 0 spiro atoms. The molecule has 0 N–H and O–H groups in total. The van der Waals surface area contributed by atoms with Gasteiger partial charge in [-0.15, -0.1) is 0 Å². The molecule has 0 saturated carbocycles. The monoisotopic (exact) mass is 373 g/mol. The van der Waals surface area contributed by atoms with E-state index in [0.717, 1.165) is 24.8 Å². The third-order valence-electron chi connectivity index (χ3n) is 5.75. The quantitative estimate of drug-likeness (QED) is 0.228. The summed E-state index contributed by atoms with van der Waals surface area (Å²) in [5.74, 6) is 0.267. The van der Waals surface area contributed by atoms with Crippen LogP contribution in [-0.4, -0.2) is 0 Å². The van der Waals surface area contributed by atoms with Gasteiger partial charge in [-0.1, -0.05) is 116 Å². The van der Waals surface area contributed by atoms with Crippen molar-refractivity contribution in [1.29, 1.82) is 0 Å². The lowest BCUT2D eigenvalue weighted by Gasteiger charge is -2.06. The highest BCUT2D eigenvalue weighted by molar-refractivity contribution is 5.36. The Morgan fingerprint density at radius 2 is 1.00 bits per heavy atom. The van der Waals surface area contributed by atoms with Gasteiger partial charge < -0.3 is 0 Å². The van der Waals surface area contributed by atoms with Gasteiger partial charge in [-0.2, -0.15) is 0 Å². The molecule has 0 atom stereocenters. The SMILES string of the molecule is CCCCCCCCCCCCCCc1ccc(CCCCCC)c([O])c1. The fourth-order valence-electron chi connectivity index (χ4n) is 3.87. The zero-order valence-corrected chi connectivity index (χ0v) is 18.4. The summed E-state index contributed by atoms with van der Waals surface area (Å²) >= 11 is 0. The van der Waals surface area contributed by atoms with Gasteiger partial charge in [0.1, 0.15) is 0 Å². The predicted molar refractivity (Wildman–Crippen MR) is 119 cm³/mol. The van der Waals surface area contributed by atoms with Gasteiger partial charge in [-0.3, -0.25) is 5.11 Å². The lowest BCUT2D eigenvalue weighted by molar-refractivity contribution is 0.348. The van der Waals surface area contributed by atoms with Crippen molar-refractivity contribution in [1.82, 2.24) is 0 Å². The first kappa shape index (κ1) is 24.1. The maximum absolute atomic E-state index is 12.2. The lowest BCUT2D eigenvalue weighted by atomic mass is 10.00. The van der Waals surface area contributed by atoms with Crippen LogP contribution in [0.15, 0.2) is 18.2 Å². The van der Waals surface area contributed by atoms with Gasteiger partial charge in [0, 0.05) is 0 Å². The van der Waals surface area contributed by atoms with Crippen LogP contribution in [0.25, 0.3) is 0 Å². The van der Waals surface area contributed by atoms with Crippen LogP contribution in [0, 0.1) is 0 Å². The molecule has 0 heterocycles. The number of aryl methyl sites for hydroxylation is 2. The van der Waals surface area contributed by atoms with Gasteiger partial charge in [0.15, 0.2) is 5.75 Å². The van der Waals surface area contributed by atoms with Crippen LogP contribution in [0.3, 0.4) is 0 Å². The van der Waals surface area contributed by atoms with Gasteiger partial charge in [0.25, 0.3) is 0 Å². The molecule has 1 nitrogen and oxygen atoms in total. The van der Waals surface area contributed by atoms with Crippen molar-refractivity contribution in [3.63, 3.8) is 0 Å². The molecule has 0 saturated heterocycles. The molecule has 0 aromatic heterocycles.